The zero-order chi connectivity index (χ0) is 18.8. The molecule has 3 aromatic rings. The molecule has 1 saturated carbocycles. The molecular weight excluding hydrogens is 350 g/mol. The van der Waals surface area contributed by atoms with Gasteiger partial charge in [-0.1, -0.05) is 6.07 Å². The molecule has 0 aliphatic heterocycles. The van der Waals surface area contributed by atoms with E-state index in [1.165, 1.54) is 6.26 Å². The number of carbonyl (C=O) groups excluding carboxylic acids is 2. The predicted octanol–water partition coefficient (Wildman–Crippen LogP) is 2.52. The zero-order valence-electron chi connectivity index (χ0n) is 14.6. The van der Waals surface area contributed by atoms with Crippen LogP contribution in [0.1, 0.15) is 51.2 Å². The number of rotatable bonds is 6. The Hall–Kier alpha value is -3.49. The SMILES string of the molecule is Cc1ccc(C(=O)OCc2nnnn2C2CC2)cc1NC(=O)c1ccco1. The molecule has 138 valence electrons. The maximum Gasteiger partial charge on any atom is 0.338 e. The predicted molar refractivity (Wildman–Crippen MR) is 93.0 cm³/mol. The molecule has 1 N–H and O–H groups in total. The minimum Gasteiger partial charge on any atom is -0.459 e. The van der Waals surface area contributed by atoms with Crippen molar-refractivity contribution < 1.29 is 18.7 Å². The Kier molecular flexibility index (Phi) is 4.41. The molecule has 27 heavy (non-hydrogen) atoms. The van der Waals surface area contributed by atoms with E-state index < -0.39 is 11.9 Å². The summed E-state index contributed by atoms with van der Waals surface area (Å²) in [4.78, 5) is 24.5. The Balaban J connectivity index is 1.44. The van der Waals surface area contributed by atoms with Gasteiger partial charge in [0, 0.05) is 5.69 Å². The van der Waals surface area contributed by atoms with Crippen LogP contribution in [0.2, 0.25) is 0 Å². The van der Waals surface area contributed by atoms with Crippen LogP contribution in [0.3, 0.4) is 0 Å². The molecular formula is C18H17N5O4. The van der Waals surface area contributed by atoms with E-state index in [4.69, 9.17) is 9.15 Å². The van der Waals surface area contributed by atoms with Crippen molar-refractivity contribution >= 4 is 17.6 Å². The van der Waals surface area contributed by atoms with Crippen molar-refractivity contribution in [2.75, 3.05) is 5.32 Å². The minimum atomic E-state index is -0.520. The molecule has 0 unspecified atom stereocenters. The van der Waals surface area contributed by atoms with Crippen LogP contribution in [0.5, 0.6) is 0 Å². The van der Waals surface area contributed by atoms with Crippen molar-refractivity contribution in [1.82, 2.24) is 20.2 Å². The van der Waals surface area contributed by atoms with Crippen LogP contribution in [0.15, 0.2) is 41.0 Å². The third-order valence-electron chi connectivity index (χ3n) is 4.25. The van der Waals surface area contributed by atoms with Crippen LogP contribution in [-0.2, 0) is 11.3 Å². The summed E-state index contributed by atoms with van der Waals surface area (Å²) in [7, 11) is 0. The second-order valence-electron chi connectivity index (χ2n) is 6.31. The lowest BCUT2D eigenvalue weighted by Crippen LogP contribution is -2.14. The first-order chi connectivity index (χ1) is 13.1. The fraction of sp³-hybridized carbons (Fsp3) is 0.278. The molecule has 1 aromatic carbocycles. The van der Waals surface area contributed by atoms with Gasteiger partial charge in [0.05, 0.1) is 17.9 Å². The summed E-state index contributed by atoms with van der Waals surface area (Å²) in [5, 5.41) is 14.2. The average Bonchev–Trinajstić information content (AvgIpc) is 3.17. The fourth-order valence-corrected chi connectivity index (χ4v) is 2.60. The molecule has 0 atom stereocenters. The summed E-state index contributed by atoms with van der Waals surface area (Å²) < 4.78 is 12.1. The van der Waals surface area contributed by atoms with E-state index in [2.05, 4.69) is 20.8 Å². The van der Waals surface area contributed by atoms with E-state index in [9.17, 15) is 9.59 Å². The highest BCUT2D eigenvalue weighted by Crippen LogP contribution is 2.34. The van der Waals surface area contributed by atoms with Gasteiger partial charge in [0.2, 0.25) is 0 Å². The molecule has 2 aromatic heterocycles. The molecule has 9 heteroatoms. The van der Waals surface area contributed by atoms with Crippen LogP contribution in [0.25, 0.3) is 0 Å². The molecule has 0 saturated heterocycles. The zero-order valence-corrected chi connectivity index (χ0v) is 14.6. The Morgan fingerprint density at radius 2 is 2.19 bits per heavy atom. The quantitative estimate of drug-likeness (QED) is 0.666. The van der Waals surface area contributed by atoms with Gasteiger partial charge in [-0.15, -0.1) is 5.10 Å². The first-order valence-corrected chi connectivity index (χ1v) is 8.51. The lowest BCUT2D eigenvalue weighted by molar-refractivity contribution is 0.0456. The standard InChI is InChI=1S/C18H17N5O4/c1-11-4-5-12(9-14(11)19-17(24)15-3-2-8-26-15)18(25)27-10-16-20-21-22-23(16)13-6-7-13/h2-5,8-9,13H,6-7,10H2,1H3,(H,19,24). The number of nitrogens with one attached hydrogen (secondary N) is 1. The van der Waals surface area contributed by atoms with E-state index >= 15 is 0 Å². The van der Waals surface area contributed by atoms with Gasteiger partial charge in [-0.05, 0) is 60.0 Å². The van der Waals surface area contributed by atoms with Crippen molar-refractivity contribution in [2.24, 2.45) is 0 Å². The molecule has 2 heterocycles. The third-order valence-corrected chi connectivity index (χ3v) is 4.25. The van der Waals surface area contributed by atoms with Gasteiger partial charge in [0.25, 0.3) is 5.91 Å². The van der Waals surface area contributed by atoms with E-state index in [1.54, 1.807) is 35.0 Å². The summed E-state index contributed by atoms with van der Waals surface area (Å²) in [6, 6.07) is 8.45. The number of hydrogen-bond donors (Lipinski definition) is 1. The van der Waals surface area contributed by atoms with Crippen molar-refractivity contribution in [1.29, 1.82) is 0 Å². The third kappa shape index (κ3) is 3.71. The van der Waals surface area contributed by atoms with Crippen LogP contribution in [0, 0.1) is 6.92 Å². The van der Waals surface area contributed by atoms with E-state index in [-0.39, 0.29) is 12.4 Å². The number of furan rings is 1. The fourth-order valence-electron chi connectivity index (χ4n) is 2.60. The summed E-state index contributed by atoms with van der Waals surface area (Å²) in [6.45, 7) is 1.82. The van der Waals surface area contributed by atoms with Gasteiger partial charge in [0.15, 0.2) is 18.2 Å². The molecule has 1 aliphatic carbocycles. The number of ether oxygens (including phenoxy) is 1. The number of esters is 1. The van der Waals surface area contributed by atoms with Crippen molar-refractivity contribution in [2.45, 2.75) is 32.4 Å². The highest BCUT2D eigenvalue weighted by molar-refractivity contribution is 6.03. The summed E-state index contributed by atoms with van der Waals surface area (Å²) in [5.74, 6) is -0.204. The van der Waals surface area contributed by atoms with Crippen LogP contribution >= 0.6 is 0 Å². The Labute approximate surface area is 154 Å². The molecule has 0 bridgehead atoms. The average molecular weight is 367 g/mol. The number of benzene rings is 1. The maximum atomic E-state index is 12.4. The number of anilines is 1. The number of amides is 1. The van der Waals surface area contributed by atoms with Crippen LogP contribution in [0.4, 0.5) is 5.69 Å². The van der Waals surface area contributed by atoms with Gasteiger partial charge < -0.3 is 14.5 Å². The molecule has 1 aliphatic rings. The monoisotopic (exact) mass is 367 g/mol. The number of carbonyl (C=O) groups is 2. The molecule has 1 fully saturated rings. The lowest BCUT2D eigenvalue weighted by atomic mass is 10.1. The Bertz CT molecular complexity index is 976. The highest BCUT2D eigenvalue weighted by atomic mass is 16.5. The van der Waals surface area contributed by atoms with E-state index in [0.29, 0.717) is 23.1 Å². The summed E-state index contributed by atoms with van der Waals surface area (Å²) in [6.07, 6.45) is 3.48. The second kappa shape index (κ2) is 7.02. The summed E-state index contributed by atoms with van der Waals surface area (Å²) in [5.41, 5.74) is 1.64. The second-order valence-corrected chi connectivity index (χ2v) is 6.31. The lowest BCUT2D eigenvalue weighted by Gasteiger charge is -2.10. The Morgan fingerprint density at radius 1 is 1.33 bits per heavy atom. The first kappa shape index (κ1) is 17.0. The van der Waals surface area contributed by atoms with Crippen molar-refractivity contribution in [3.8, 4) is 0 Å². The maximum absolute atomic E-state index is 12.4. The van der Waals surface area contributed by atoms with E-state index in [1.807, 2.05) is 6.92 Å². The largest absolute Gasteiger partial charge is 0.459 e. The number of hydrogen-bond acceptors (Lipinski definition) is 7. The number of aryl methyl sites for hydroxylation is 1. The van der Waals surface area contributed by atoms with Gasteiger partial charge in [-0.2, -0.15) is 0 Å². The van der Waals surface area contributed by atoms with Crippen molar-refractivity contribution in [3.63, 3.8) is 0 Å². The van der Waals surface area contributed by atoms with Gasteiger partial charge in [-0.3, -0.25) is 4.79 Å². The highest BCUT2D eigenvalue weighted by Gasteiger charge is 2.28. The van der Waals surface area contributed by atoms with Gasteiger partial charge in [0.1, 0.15) is 0 Å². The van der Waals surface area contributed by atoms with Crippen LogP contribution in [-0.4, -0.2) is 32.1 Å². The topological polar surface area (TPSA) is 112 Å². The Morgan fingerprint density at radius 3 is 2.93 bits per heavy atom. The van der Waals surface area contributed by atoms with Crippen LogP contribution < -0.4 is 5.32 Å². The molecule has 4 rings (SSSR count). The molecule has 0 spiro atoms. The molecule has 1 amide bonds. The van der Waals surface area contributed by atoms with Gasteiger partial charge in [-0.25, -0.2) is 9.48 Å². The molecule has 0 radical (unpaired) electrons. The van der Waals surface area contributed by atoms with E-state index in [0.717, 1.165) is 18.4 Å². The first-order valence-electron chi connectivity index (χ1n) is 8.51. The van der Waals surface area contributed by atoms with Crippen molar-refractivity contribution in [3.05, 3.63) is 59.3 Å². The number of tetrazole rings is 1. The van der Waals surface area contributed by atoms with Gasteiger partial charge >= 0.3 is 5.97 Å². The summed E-state index contributed by atoms with van der Waals surface area (Å²) >= 11 is 0. The number of nitrogens with zero attached hydrogens (tertiary/aromatic N) is 4. The molecule has 9 nitrogen and oxygen atoms in total. The normalized spacial score (nSPS) is 13.4. The smallest absolute Gasteiger partial charge is 0.338 e. The minimum absolute atomic E-state index is 0.00963. The number of aromatic nitrogens is 4.